The van der Waals surface area contributed by atoms with Crippen LogP contribution < -0.4 is 0 Å². The molecule has 1 saturated heterocycles. The van der Waals surface area contributed by atoms with E-state index in [0.717, 1.165) is 23.0 Å². The molecule has 1 aliphatic rings. The maximum absolute atomic E-state index is 13.7. The highest BCUT2D eigenvalue weighted by atomic mass is 19.4. The largest absolute Gasteiger partial charge is 0.417 e. The van der Waals surface area contributed by atoms with Gasteiger partial charge in [-0.3, -0.25) is 9.48 Å². The number of likely N-dealkylation sites (tertiary alicyclic amines) is 1. The van der Waals surface area contributed by atoms with E-state index >= 15 is 0 Å². The smallest absolute Gasteiger partial charge is 0.342 e. The normalized spacial score (nSPS) is 17.3. The van der Waals surface area contributed by atoms with Crippen LogP contribution in [0, 0.1) is 27.7 Å². The van der Waals surface area contributed by atoms with Crippen molar-refractivity contribution in [1.29, 1.82) is 0 Å². The predicted molar refractivity (Wildman–Crippen MR) is 111 cm³/mol. The summed E-state index contributed by atoms with van der Waals surface area (Å²) in [6, 6.07) is 1.09. The van der Waals surface area contributed by atoms with Gasteiger partial charge in [0.1, 0.15) is 0 Å². The molecule has 0 N–H and O–H groups in total. The van der Waals surface area contributed by atoms with Crippen molar-refractivity contribution in [2.75, 3.05) is 13.1 Å². The van der Waals surface area contributed by atoms with Crippen LogP contribution in [0.2, 0.25) is 0 Å². The van der Waals surface area contributed by atoms with Gasteiger partial charge in [0.25, 0.3) is 5.71 Å². The van der Waals surface area contributed by atoms with Gasteiger partial charge in [-0.25, -0.2) is 4.98 Å². The lowest BCUT2D eigenvalue weighted by atomic mass is 9.92. The molecule has 172 valence electrons. The third-order valence-corrected chi connectivity index (χ3v) is 6.42. The van der Waals surface area contributed by atoms with Crippen LogP contribution in [0.1, 0.15) is 59.1 Å². The standard InChI is InChI=1S/C22H26F3N5O2/c1-12-13(2)27-30(15(12)4)9-7-19(31)29-8-5-6-16(11-29)18-10-17(22(23,24)25)20-14(3)28-32-21(20)26-18/h10,16H,5-9,11H2,1-4H3. The number of rotatable bonds is 4. The number of amides is 1. The summed E-state index contributed by atoms with van der Waals surface area (Å²) in [5.74, 6) is -0.327. The first kappa shape index (κ1) is 22.3. The molecule has 3 aromatic rings. The van der Waals surface area contributed by atoms with E-state index in [0.29, 0.717) is 32.5 Å². The lowest BCUT2D eigenvalue weighted by Crippen LogP contribution is -2.39. The highest BCUT2D eigenvalue weighted by Gasteiger charge is 2.37. The van der Waals surface area contributed by atoms with Gasteiger partial charge < -0.3 is 9.42 Å². The molecule has 0 radical (unpaired) electrons. The van der Waals surface area contributed by atoms with Crippen molar-refractivity contribution < 1.29 is 22.5 Å². The number of alkyl halides is 3. The fourth-order valence-corrected chi connectivity index (χ4v) is 4.36. The molecular formula is C22H26F3N5O2. The highest BCUT2D eigenvalue weighted by molar-refractivity contribution is 5.81. The van der Waals surface area contributed by atoms with Crippen molar-refractivity contribution in [3.63, 3.8) is 0 Å². The first-order valence-corrected chi connectivity index (χ1v) is 10.7. The molecule has 0 bridgehead atoms. The number of hydrogen-bond donors (Lipinski definition) is 0. The summed E-state index contributed by atoms with van der Waals surface area (Å²) >= 11 is 0. The number of carbonyl (C=O) groups excluding carboxylic acids is 1. The Morgan fingerprint density at radius 1 is 1.22 bits per heavy atom. The lowest BCUT2D eigenvalue weighted by molar-refractivity contribution is -0.136. The van der Waals surface area contributed by atoms with Gasteiger partial charge in [0, 0.05) is 37.7 Å². The van der Waals surface area contributed by atoms with Crippen LogP contribution in [-0.2, 0) is 17.5 Å². The molecule has 1 amide bonds. The van der Waals surface area contributed by atoms with Gasteiger partial charge in [0.2, 0.25) is 5.91 Å². The molecule has 32 heavy (non-hydrogen) atoms. The molecule has 0 spiro atoms. The van der Waals surface area contributed by atoms with Crippen molar-refractivity contribution in [2.45, 2.75) is 65.6 Å². The Labute approximate surface area is 183 Å². The molecule has 4 rings (SSSR count). The summed E-state index contributed by atoms with van der Waals surface area (Å²) in [4.78, 5) is 18.9. The van der Waals surface area contributed by atoms with Crippen molar-refractivity contribution in [1.82, 2.24) is 24.8 Å². The average molecular weight is 449 g/mol. The van der Waals surface area contributed by atoms with Gasteiger partial charge in [0.05, 0.1) is 28.0 Å². The Kier molecular flexibility index (Phi) is 5.72. The summed E-state index contributed by atoms with van der Waals surface area (Å²) in [5.41, 5.74) is 2.62. The highest BCUT2D eigenvalue weighted by Crippen LogP contribution is 2.38. The molecule has 0 aromatic carbocycles. The lowest BCUT2D eigenvalue weighted by Gasteiger charge is -2.32. The van der Waals surface area contributed by atoms with E-state index in [4.69, 9.17) is 4.52 Å². The fourth-order valence-electron chi connectivity index (χ4n) is 4.36. The molecule has 1 unspecified atom stereocenters. The van der Waals surface area contributed by atoms with Crippen LogP contribution in [-0.4, -0.2) is 43.8 Å². The molecule has 1 aliphatic heterocycles. The summed E-state index contributed by atoms with van der Waals surface area (Å²) in [5, 5.41) is 8.02. The topological polar surface area (TPSA) is 77.0 Å². The SMILES string of the molecule is Cc1nn(CCC(=O)N2CCCC(c3cc(C(F)(F)F)c4c(C)noc4n3)C2)c(C)c1C. The van der Waals surface area contributed by atoms with Crippen molar-refractivity contribution in [2.24, 2.45) is 0 Å². The third kappa shape index (κ3) is 4.10. The van der Waals surface area contributed by atoms with Gasteiger partial charge in [-0.05, 0) is 52.2 Å². The third-order valence-electron chi connectivity index (χ3n) is 6.42. The van der Waals surface area contributed by atoms with Crippen LogP contribution in [0.15, 0.2) is 10.6 Å². The van der Waals surface area contributed by atoms with Gasteiger partial charge >= 0.3 is 6.18 Å². The number of pyridine rings is 1. The Morgan fingerprint density at radius 2 is 1.97 bits per heavy atom. The monoisotopic (exact) mass is 449 g/mol. The summed E-state index contributed by atoms with van der Waals surface area (Å²) in [6.45, 7) is 8.76. The van der Waals surface area contributed by atoms with Crippen molar-refractivity contribution in [3.05, 3.63) is 40.0 Å². The number of carbonyl (C=O) groups is 1. The quantitative estimate of drug-likeness (QED) is 0.588. The zero-order valence-electron chi connectivity index (χ0n) is 18.6. The minimum absolute atomic E-state index is 0.0347. The van der Waals surface area contributed by atoms with E-state index in [1.807, 2.05) is 25.5 Å². The van der Waals surface area contributed by atoms with E-state index in [1.54, 1.807) is 4.90 Å². The number of nitrogens with zero attached hydrogens (tertiary/aromatic N) is 5. The molecule has 7 nitrogen and oxygen atoms in total. The predicted octanol–water partition coefficient (Wildman–Crippen LogP) is 4.47. The number of aromatic nitrogens is 4. The number of piperidine rings is 1. The second kappa shape index (κ2) is 8.22. The Bertz CT molecular complexity index is 1160. The summed E-state index contributed by atoms with van der Waals surface area (Å²) < 4.78 is 47.9. The molecule has 0 saturated carbocycles. The first-order valence-electron chi connectivity index (χ1n) is 10.7. The van der Waals surface area contributed by atoms with Gasteiger partial charge in [-0.15, -0.1) is 0 Å². The minimum atomic E-state index is -4.55. The zero-order chi connectivity index (χ0) is 23.2. The fraction of sp³-hybridized carbons (Fsp3) is 0.545. The van der Waals surface area contributed by atoms with Crippen LogP contribution >= 0.6 is 0 Å². The molecule has 3 aromatic heterocycles. The van der Waals surface area contributed by atoms with Crippen LogP contribution in [0.25, 0.3) is 11.1 Å². The zero-order valence-corrected chi connectivity index (χ0v) is 18.6. The Hall–Kier alpha value is -2.91. The maximum atomic E-state index is 13.7. The number of aryl methyl sites for hydroxylation is 3. The van der Waals surface area contributed by atoms with E-state index in [2.05, 4.69) is 15.2 Å². The Balaban J connectivity index is 1.52. The minimum Gasteiger partial charge on any atom is -0.342 e. The van der Waals surface area contributed by atoms with Crippen molar-refractivity contribution in [3.8, 4) is 0 Å². The van der Waals surface area contributed by atoms with E-state index in [1.165, 1.54) is 6.92 Å². The molecule has 10 heteroatoms. The second-order valence-electron chi connectivity index (χ2n) is 8.49. The molecule has 1 fully saturated rings. The first-order chi connectivity index (χ1) is 15.1. The molecule has 0 aliphatic carbocycles. The van der Waals surface area contributed by atoms with Gasteiger partial charge in [-0.2, -0.15) is 18.3 Å². The molecular weight excluding hydrogens is 423 g/mol. The average Bonchev–Trinajstić information content (AvgIpc) is 3.25. The van der Waals surface area contributed by atoms with E-state index in [-0.39, 0.29) is 40.7 Å². The van der Waals surface area contributed by atoms with E-state index in [9.17, 15) is 18.0 Å². The van der Waals surface area contributed by atoms with Crippen LogP contribution in [0.4, 0.5) is 13.2 Å². The van der Waals surface area contributed by atoms with Crippen LogP contribution in [0.5, 0.6) is 0 Å². The maximum Gasteiger partial charge on any atom is 0.417 e. The number of halogens is 3. The molecule has 1 atom stereocenters. The second-order valence-corrected chi connectivity index (χ2v) is 8.49. The van der Waals surface area contributed by atoms with E-state index < -0.39 is 11.7 Å². The Morgan fingerprint density at radius 3 is 2.62 bits per heavy atom. The summed E-state index contributed by atoms with van der Waals surface area (Å²) in [7, 11) is 0. The van der Waals surface area contributed by atoms with Crippen LogP contribution in [0.3, 0.4) is 0 Å². The van der Waals surface area contributed by atoms with Crippen molar-refractivity contribution >= 4 is 17.0 Å². The number of hydrogen-bond acceptors (Lipinski definition) is 5. The number of fused-ring (bicyclic) bond motifs is 1. The van der Waals surface area contributed by atoms with Gasteiger partial charge in [0.15, 0.2) is 0 Å². The molecule has 4 heterocycles. The summed E-state index contributed by atoms with van der Waals surface area (Å²) in [6.07, 6.45) is -2.90. The van der Waals surface area contributed by atoms with Gasteiger partial charge in [-0.1, -0.05) is 5.16 Å².